The second-order valence-corrected chi connectivity index (χ2v) is 5.52. The Kier molecular flexibility index (Phi) is 4.47. The van der Waals surface area contributed by atoms with Crippen LogP contribution < -0.4 is 5.32 Å². The molecule has 0 radical (unpaired) electrons. The summed E-state index contributed by atoms with van der Waals surface area (Å²) in [5.41, 5.74) is 0.951. The standard InChI is InChI=1S/C14H8ClIN2O2/c15-10-3-1-9(7-17)12(6-10)18-14(20)8-2-4-11(16)13(19)5-8/h1-6,19H,(H,18,20). The fourth-order valence-corrected chi connectivity index (χ4v) is 2.07. The first-order chi connectivity index (χ1) is 9.51. The van der Waals surface area contributed by atoms with E-state index in [0.717, 1.165) is 0 Å². The summed E-state index contributed by atoms with van der Waals surface area (Å²) in [6.07, 6.45) is 0. The van der Waals surface area contributed by atoms with Gasteiger partial charge in [-0.25, -0.2) is 0 Å². The van der Waals surface area contributed by atoms with E-state index in [1.807, 2.05) is 28.7 Å². The van der Waals surface area contributed by atoms with Crippen LogP contribution in [0.15, 0.2) is 36.4 Å². The lowest BCUT2D eigenvalue weighted by molar-refractivity contribution is 0.102. The quantitative estimate of drug-likeness (QED) is 0.756. The monoisotopic (exact) mass is 398 g/mol. The minimum atomic E-state index is -0.421. The van der Waals surface area contributed by atoms with Crippen molar-refractivity contribution in [2.45, 2.75) is 0 Å². The van der Waals surface area contributed by atoms with Gasteiger partial charge in [-0.3, -0.25) is 4.79 Å². The highest BCUT2D eigenvalue weighted by molar-refractivity contribution is 14.1. The number of nitriles is 1. The summed E-state index contributed by atoms with van der Waals surface area (Å²) in [5, 5.41) is 21.6. The predicted octanol–water partition coefficient (Wildman–Crippen LogP) is 3.77. The number of nitrogens with zero attached hydrogens (tertiary/aromatic N) is 1. The molecule has 2 aromatic carbocycles. The van der Waals surface area contributed by atoms with Gasteiger partial charge in [-0.2, -0.15) is 5.26 Å². The van der Waals surface area contributed by atoms with Gasteiger partial charge in [-0.15, -0.1) is 0 Å². The molecule has 0 spiro atoms. The third kappa shape index (κ3) is 3.21. The molecule has 20 heavy (non-hydrogen) atoms. The van der Waals surface area contributed by atoms with Gasteiger partial charge in [0.2, 0.25) is 0 Å². The number of nitrogens with one attached hydrogen (secondary N) is 1. The van der Waals surface area contributed by atoms with E-state index in [9.17, 15) is 9.90 Å². The van der Waals surface area contributed by atoms with E-state index < -0.39 is 5.91 Å². The zero-order chi connectivity index (χ0) is 14.7. The van der Waals surface area contributed by atoms with Crippen molar-refractivity contribution in [3.05, 3.63) is 56.1 Å². The minimum absolute atomic E-state index is 0.0323. The molecule has 100 valence electrons. The van der Waals surface area contributed by atoms with E-state index in [1.165, 1.54) is 18.2 Å². The Balaban J connectivity index is 2.30. The van der Waals surface area contributed by atoms with E-state index >= 15 is 0 Å². The fraction of sp³-hybridized carbons (Fsp3) is 0. The van der Waals surface area contributed by atoms with Gasteiger partial charge in [0.25, 0.3) is 5.91 Å². The van der Waals surface area contributed by atoms with Crippen molar-refractivity contribution in [3.63, 3.8) is 0 Å². The molecular weight excluding hydrogens is 391 g/mol. The normalized spacial score (nSPS) is 9.85. The van der Waals surface area contributed by atoms with Crippen LogP contribution >= 0.6 is 34.2 Å². The lowest BCUT2D eigenvalue weighted by Crippen LogP contribution is -2.12. The highest BCUT2D eigenvalue weighted by Crippen LogP contribution is 2.23. The van der Waals surface area contributed by atoms with E-state index in [0.29, 0.717) is 25.4 Å². The van der Waals surface area contributed by atoms with Crippen LogP contribution in [0, 0.1) is 14.9 Å². The summed E-state index contributed by atoms with van der Waals surface area (Å²) in [7, 11) is 0. The number of aromatic hydroxyl groups is 1. The van der Waals surface area contributed by atoms with Crippen molar-refractivity contribution >= 4 is 45.8 Å². The summed E-state index contributed by atoms with van der Waals surface area (Å²) in [6, 6.07) is 11.2. The number of halogens is 2. The molecule has 1 amide bonds. The molecule has 0 saturated heterocycles. The van der Waals surface area contributed by atoms with Gasteiger partial charge in [-0.1, -0.05) is 11.6 Å². The van der Waals surface area contributed by atoms with E-state index in [-0.39, 0.29) is 5.75 Å². The highest BCUT2D eigenvalue weighted by atomic mass is 127. The topological polar surface area (TPSA) is 73.1 Å². The Hall–Kier alpha value is -1.78. The number of benzene rings is 2. The van der Waals surface area contributed by atoms with E-state index in [1.54, 1.807) is 18.2 Å². The number of anilines is 1. The van der Waals surface area contributed by atoms with Crippen molar-refractivity contribution in [1.82, 2.24) is 0 Å². The van der Waals surface area contributed by atoms with Crippen LogP contribution in [-0.2, 0) is 0 Å². The smallest absolute Gasteiger partial charge is 0.255 e. The Bertz CT molecular complexity index is 726. The lowest BCUT2D eigenvalue weighted by atomic mass is 10.1. The molecule has 0 saturated carbocycles. The average Bonchev–Trinajstić information content (AvgIpc) is 2.42. The number of hydrogen-bond acceptors (Lipinski definition) is 3. The maximum Gasteiger partial charge on any atom is 0.255 e. The van der Waals surface area contributed by atoms with Gasteiger partial charge in [0.15, 0.2) is 0 Å². The molecule has 0 atom stereocenters. The van der Waals surface area contributed by atoms with Crippen molar-refractivity contribution in [3.8, 4) is 11.8 Å². The molecule has 0 bridgehead atoms. The summed E-state index contributed by atoms with van der Waals surface area (Å²) >= 11 is 7.81. The molecule has 2 rings (SSSR count). The Labute approximate surface area is 134 Å². The summed E-state index contributed by atoms with van der Waals surface area (Å²) in [4.78, 5) is 12.1. The molecule has 0 aliphatic carbocycles. The Morgan fingerprint density at radius 3 is 2.70 bits per heavy atom. The molecule has 0 fully saturated rings. The Morgan fingerprint density at radius 1 is 1.30 bits per heavy atom. The predicted molar refractivity (Wildman–Crippen MR) is 84.9 cm³/mol. The third-order valence-corrected chi connectivity index (χ3v) is 3.71. The van der Waals surface area contributed by atoms with Crippen molar-refractivity contribution < 1.29 is 9.90 Å². The summed E-state index contributed by atoms with van der Waals surface area (Å²) in [5.74, 6) is -0.389. The van der Waals surface area contributed by atoms with Crippen LogP contribution in [0.25, 0.3) is 0 Å². The number of rotatable bonds is 2. The zero-order valence-corrected chi connectivity index (χ0v) is 12.9. The van der Waals surface area contributed by atoms with Crippen LogP contribution in [0.5, 0.6) is 5.75 Å². The van der Waals surface area contributed by atoms with Crippen molar-refractivity contribution in [2.24, 2.45) is 0 Å². The molecule has 0 aliphatic heterocycles. The molecule has 2 aromatic rings. The number of amides is 1. The van der Waals surface area contributed by atoms with Crippen molar-refractivity contribution in [2.75, 3.05) is 5.32 Å². The van der Waals surface area contributed by atoms with Crippen LogP contribution in [0.4, 0.5) is 5.69 Å². The lowest BCUT2D eigenvalue weighted by Gasteiger charge is -2.08. The molecule has 4 nitrogen and oxygen atoms in total. The van der Waals surface area contributed by atoms with Crippen LogP contribution in [0.3, 0.4) is 0 Å². The van der Waals surface area contributed by atoms with Crippen molar-refractivity contribution in [1.29, 1.82) is 5.26 Å². The van der Waals surface area contributed by atoms with Gasteiger partial charge in [0.05, 0.1) is 14.8 Å². The average molecular weight is 399 g/mol. The molecule has 2 N–H and O–H groups in total. The van der Waals surface area contributed by atoms with Crippen LogP contribution in [-0.4, -0.2) is 11.0 Å². The molecular formula is C14H8ClIN2O2. The van der Waals surface area contributed by atoms with Gasteiger partial charge in [-0.05, 0) is 59.0 Å². The minimum Gasteiger partial charge on any atom is -0.507 e. The zero-order valence-electron chi connectivity index (χ0n) is 10.0. The maximum absolute atomic E-state index is 12.1. The second-order valence-electron chi connectivity index (χ2n) is 3.92. The SMILES string of the molecule is N#Cc1ccc(Cl)cc1NC(=O)c1ccc(I)c(O)c1. The molecule has 0 aliphatic rings. The number of hydrogen-bond donors (Lipinski definition) is 2. The van der Waals surface area contributed by atoms with Gasteiger partial charge in [0.1, 0.15) is 11.8 Å². The van der Waals surface area contributed by atoms with E-state index in [2.05, 4.69) is 5.32 Å². The van der Waals surface area contributed by atoms with Gasteiger partial charge in [0, 0.05) is 10.6 Å². The number of phenolic OH excluding ortho intramolecular Hbond substituents is 1. The molecule has 6 heteroatoms. The van der Waals surface area contributed by atoms with E-state index in [4.69, 9.17) is 16.9 Å². The first-order valence-corrected chi connectivity index (χ1v) is 6.96. The first kappa shape index (κ1) is 14.6. The second kappa shape index (κ2) is 6.11. The Morgan fingerprint density at radius 2 is 2.05 bits per heavy atom. The van der Waals surface area contributed by atoms with Crippen LogP contribution in [0.2, 0.25) is 5.02 Å². The largest absolute Gasteiger partial charge is 0.507 e. The number of phenols is 1. The maximum atomic E-state index is 12.1. The molecule has 0 unspecified atom stereocenters. The number of carbonyl (C=O) groups excluding carboxylic acids is 1. The van der Waals surface area contributed by atoms with Gasteiger partial charge >= 0.3 is 0 Å². The summed E-state index contributed by atoms with van der Waals surface area (Å²) < 4.78 is 0.652. The molecule has 0 aromatic heterocycles. The number of carbonyl (C=O) groups is 1. The fourth-order valence-electron chi connectivity index (χ4n) is 1.57. The van der Waals surface area contributed by atoms with Gasteiger partial charge < -0.3 is 10.4 Å². The third-order valence-electron chi connectivity index (χ3n) is 2.56. The summed E-state index contributed by atoms with van der Waals surface area (Å²) in [6.45, 7) is 0. The van der Waals surface area contributed by atoms with Crippen LogP contribution in [0.1, 0.15) is 15.9 Å². The first-order valence-electron chi connectivity index (χ1n) is 5.51. The molecule has 0 heterocycles. The highest BCUT2D eigenvalue weighted by Gasteiger charge is 2.11.